The van der Waals surface area contributed by atoms with E-state index >= 15 is 0 Å². The van der Waals surface area contributed by atoms with E-state index in [4.69, 9.17) is 5.73 Å². The van der Waals surface area contributed by atoms with E-state index in [-0.39, 0.29) is 12.5 Å². The fraction of sp³-hybridized carbons (Fsp3) is 0.273. The van der Waals surface area contributed by atoms with Crippen LogP contribution in [0.3, 0.4) is 0 Å². The Hall–Kier alpha value is -3.73. The standard InChI is InChI=1S/C22H20F3N7O/c23-22(24,25)14-2-4-16-18(8-14)30-19(29-16)10-31-5-6-32(20(33)11-31)9-13-1-3-15-17(7-13)27-12-28-21(15)26/h1-4,7-8,12H,5-6,9-11H2,(H,29,30)(H2,26,27,28). The van der Waals surface area contributed by atoms with Crippen LogP contribution < -0.4 is 5.73 Å². The third-order valence-electron chi connectivity index (χ3n) is 5.73. The molecule has 1 aliphatic heterocycles. The molecule has 2 aromatic heterocycles. The van der Waals surface area contributed by atoms with Crippen LogP contribution in [0.5, 0.6) is 0 Å². The number of rotatable bonds is 4. The van der Waals surface area contributed by atoms with Crippen LogP contribution in [0.15, 0.2) is 42.7 Å². The summed E-state index contributed by atoms with van der Waals surface area (Å²) < 4.78 is 38.8. The topological polar surface area (TPSA) is 104 Å². The highest BCUT2D eigenvalue weighted by Crippen LogP contribution is 2.31. The number of aromatic amines is 1. The Balaban J connectivity index is 1.24. The number of fused-ring (bicyclic) bond motifs is 2. The zero-order chi connectivity index (χ0) is 23.2. The summed E-state index contributed by atoms with van der Waals surface area (Å²) in [5.74, 6) is 0.910. The lowest BCUT2D eigenvalue weighted by atomic mass is 10.1. The van der Waals surface area contributed by atoms with E-state index in [1.807, 2.05) is 23.1 Å². The molecule has 0 spiro atoms. The summed E-state index contributed by atoms with van der Waals surface area (Å²) in [5.41, 5.74) is 7.60. The van der Waals surface area contributed by atoms with Gasteiger partial charge in [-0.15, -0.1) is 0 Å². The number of amides is 1. The Bertz CT molecular complexity index is 1350. The minimum Gasteiger partial charge on any atom is -0.383 e. The van der Waals surface area contributed by atoms with Gasteiger partial charge in [0.15, 0.2) is 0 Å². The van der Waals surface area contributed by atoms with Gasteiger partial charge in [0.2, 0.25) is 5.91 Å². The van der Waals surface area contributed by atoms with Gasteiger partial charge in [-0.1, -0.05) is 6.07 Å². The normalized spacial score (nSPS) is 15.6. The van der Waals surface area contributed by atoms with Gasteiger partial charge in [0, 0.05) is 25.0 Å². The van der Waals surface area contributed by atoms with E-state index in [1.165, 1.54) is 12.4 Å². The first-order valence-electron chi connectivity index (χ1n) is 10.3. The number of nitrogens with two attached hydrogens (primary N) is 1. The first-order chi connectivity index (χ1) is 15.8. The number of nitrogen functional groups attached to an aromatic ring is 1. The molecular weight excluding hydrogens is 435 g/mol. The van der Waals surface area contributed by atoms with Crippen molar-refractivity contribution >= 4 is 33.7 Å². The predicted molar refractivity (Wildman–Crippen MR) is 116 cm³/mol. The van der Waals surface area contributed by atoms with Crippen molar-refractivity contribution in [2.45, 2.75) is 19.3 Å². The average Bonchev–Trinajstić information content (AvgIpc) is 3.16. The molecule has 0 saturated carbocycles. The second-order valence-electron chi connectivity index (χ2n) is 8.05. The first-order valence-corrected chi connectivity index (χ1v) is 10.3. The SMILES string of the molecule is Nc1ncnc2cc(CN3CCN(Cc4nc5ccc(C(F)(F)F)cc5[nH]4)CC3=O)ccc12. The van der Waals surface area contributed by atoms with Crippen LogP contribution >= 0.6 is 0 Å². The first kappa shape index (κ1) is 21.1. The largest absolute Gasteiger partial charge is 0.416 e. The van der Waals surface area contributed by atoms with Gasteiger partial charge in [-0.2, -0.15) is 13.2 Å². The van der Waals surface area contributed by atoms with Gasteiger partial charge in [0.25, 0.3) is 0 Å². The highest BCUT2D eigenvalue weighted by Gasteiger charge is 2.31. The van der Waals surface area contributed by atoms with Crippen LogP contribution in [-0.2, 0) is 24.1 Å². The number of hydrogen-bond acceptors (Lipinski definition) is 6. The van der Waals surface area contributed by atoms with E-state index in [9.17, 15) is 18.0 Å². The van der Waals surface area contributed by atoms with Crippen molar-refractivity contribution in [1.82, 2.24) is 29.7 Å². The molecule has 3 heterocycles. The number of nitrogens with zero attached hydrogens (tertiary/aromatic N) is 5. The summed E-state index contributed by atoms with van der Waals surface area (Å²) in [5, 5.41) is 0.769. The highest BCUT2D eigenvalue weighted by molar-refractivity contribution is 5.88. The molecule has 1 amide bonds. The average molecular weight is 455 g/mol. The molecule has 33 heavy (non-hydrogen) atoms. The second kappa shape index (κ2) is 8.00. The molecule has 8 nitrogen and oxygen atoms in total. The number of carbonyl (C=O) groups is 1. The third kappa shape index (κ3) is 4.31. The zero-order valence-electron chi connectivity index (χ0n) is 17.4. The van der Waals surface area contributed by atoms with E-state index < -0.39 is 11.7 Å². The Labute approximate surface area is 186 Å². The van der Waals surface area contributed by atoms with E-state index in [0.717, 1.165) is 28.6 Å². The van der Waals surface area contributed by atoms with E-state index in [2.05, 4.69) is 19.9 Å². The summed E-state index contributed by atoms with van der Waals surface area (Å²) >= 11 is 0. The fourth-order valence-electron chi connectivity index (χ4n) is 4.03. The van der Waals surface area contributed by atoms with Crippen LogP contribution in [0.4, 0.5) is 19.0 Å². The van der Waals surface area contributed by atoms with Gasteiger partial charge in [-0.25, -0.2) is 15.0 Å². The Morgan fingerprint density at radius 1 is 1.03 bits per heavy atom. The van der Waals surface area contributed by atoms with Crippen molar-refractivity contribution in [3.8, 4) is 0 Å². The lowest BCUT2D eigenvalue weighted by Crippen LogP contribution is -2.49. The molecule has 0 bridgehead atoms. The number of alkyl halides is 3. The lowest BCUT2D eigenvalue weighted by molar-refractivity contribution is -0.138. The van der Waals surface area contributed by atoms with Gasteiger partial charge in [0.1, 0.15) is 18.0 Å². The molecule has 0 atom stereocenters. The predicted octanol–water partition coefficient (Wildman–Crippen LogP) is 2.95. The maximum Gasteiger partial charge on any atom is 0.416 e. The number of hydrogen-bond donors (Lipinski definition) is 2. The van der Waals surface area contributed by atoms with Crippen molar-refractivity contribution in [2.24, 2.45) is 0 Å². The second-order valence-corrected chi connectivity index (χ2v) is 8.05. The van der Waals surface area contributed by atoms with Gasteiger partial charge < -0.3 is 15.6 Å². The van der Waals surface area contributed by atoms with Crippen molar-refractivity contribution in [1.29, 1.82) is 0 Å². The molecule has 5 rings (SSSR count). The minimum atomic E-state index is -4.41. The number of anilines is 1. The fourth-order valence-corrected chi connectivity index (χ4v) is 4.03. The Kier molecular flexibility index (Phi) is 5.12. The number of halogens is 3. The smallest absolute Gasteiger partial charge is 0.383 e. The van der Waals surface area contributed by atoms with Crippen LogP contribution in [-0.4, -0.2) is 55.3 Å². The summed E-state index contributed by atoms with van der Waals surface area (Å²) in [7, 11) is 0. The number of benzene rings is 2. The van der Waals surface area contributed by atoms with E-state index in [0.29, 0.717) is 48.9 Å². The molecule has 0 radical (unpaired) electrons. The summed E-state index contributed by atoms with van der Waals surface area (Å²) in [6, 6.07) is 9.08. The maximum atomic E-state index is 12.9. The molecule has 1 fully saturated rings. The van der Waals surface area contributed by atoms with Crippen LogP contribution in [0.25, 0.3) is 21.9 Å². The number of aromatic nitrogens is 4. The van der Waals surface area contributed by atoms with Crippen molar-refractivity contribution in [2.75, 3.05) is 25.4 Å². The third-order valence-corrected chi connectivity index (χ3v) is 5.73. The summed E-state index contributed by atoms with van der Waals surface area (Å²) in [4.78, 5) is 31.9. The highest BCUT2D eigenvalue weighted by atomic mass is 19.4. The molecule has 1 saturated heterocycles. The number of imidazole rings is 1. The minimum absolute atomic E-state index is 0.0287. The Morgan fingerprint density at radius 3 is 2.67 bits per heavy atom. The molecule has 1 aliphatic rings. The Morgan fingerprint density at radius 2 is 1.88 bits per heavy atom. The van der Waals surface area contributed by atoms with Gasteiger partial charge in [-0.05, 0) is 35.9 Å². The zero-order valence-corrected chi connectivity index (χ0v) is 17.4. The molecular formula is C22H20F3N7O. The van der Waals surface area contributed by atoms with Crippen molar-refractivity contribution < 1.29 is 18.0 Å². The van der Waals surface area contributed by atoms with Crippen LogP contribution in [0.2, 0.25) is 0 Å². The van der Waals surface area contributed by atoms with E-state index in [1.54, 1.807) is 4.90 Å². The number of piperazine rings is 1. The summed E-state index contributed by atoms with van der Waals surface area (Å²) in [6.07, 6.45) is -3.00. The van der Waals surface area contributed by atoms with Crippen molar-refractivity contribution in [3.05, 3.63) is 59.7 Å². The molecule has 3 N–H and O–H groups in total. The van der Waals surface area contributed by atoms with Crippen molar-refractivity contribution in [3.63, 3.8) is 0 Å². The summed E-state index contributed by atoms with van der Waals surface area (Å²) in [6.45, 7) is 2.16. The van der Waals surface area contributed by atoms with Crippen LogP contribution in [0.1, 0.15) is 17.0 Å². The van der Waals surface area contributed by atoms with Gasteiger partial charge >= 0.3 is 6.18 Å². The number of nitrogens with one attached hydrogen (secondary N) is 1. The molecule has 4 aromatic rings. The molecule has 11 heteroatoms. The van der Waals surface area contributed by atoms with Gasteiger partial charge in [-0.3, -0.25) is 9.69 Å². The number of H-pyrrole nitrogens is 1. The molecule has 0 aliphatic carbocycles. The molecule has 2 aromatic carbocycles. The lowest BCUT2D eigenvalue weighted by Gasteiger charge is -2.34. The number of carbonyl (C=O) groups excluding carboxylic acids is 1. The quantitative estimate of drug-likeness (QED) is 0.490. The van der Waals surface area contributed by atoms with Gasteiger partial charge in [0.05, 0.1) is 35.2 Å². The van der Waals surface area contributed by atoms with Crippen LogP contribution in [0, 0.1) is 0 Å². The monoisotopic (exact) mass is 455 g/mol. The molecule has 0 unspecified atom stereocenters. The molecule has 170 valence electrons. The maximum absolute atomic E-state index is 12.9.